The Labute approximate surface area is 143 Å². The average molecular weight is 332 g/mol. The molecule has 5 nitrogen and oxygen atoms in total. The fourth-order valence-electron chi connectivity index (χ4n) is 2.97. The van der Waals surface area contributed by atoms with Crippen LogP contribution >= 0.6 is 0 Å². The predicted molar refractivity (Wildman–Crippen MR) is 90.2 cm³/mol. The summed E-state index contributed by atoms with van der Waals surface area (Å²) in [6.45, 7) is 0.623. The molecule has 0 bridgehead atoms. The number of carbonyl (C=O) groups excluding carboxylic acids is 1. The number of halogens is 1. The number of nitrogens with one attached hydrogen (secondary N) is 2. The first kappa shape index (κ1) is 15.1. The van der Waals surface area contributed by atoms with Crippen LogP contribution in [-0.2, 0) is 6.42 Å². The van der Waals surface area contributed by atoms with E-state index in [1.165, 1.54) is 12.1 Å². The zero-order valence-corrected chi connectivity index (χ0v) is 13.1. The van der Waals surface area contributed by atoms with Crippen LogP contribution in [0.3, 0.4) is 0 Å². The quantitative estimate of drug-likeness (QED) is 0.757. The minimum atomic E-state index is -0.570. The van der Waals surface area contributed by atoms with E-state index in [1.807, 2.05) is 18.2 Å². The molecule has 25 heavy (non-hydrogen) atoms. The van der Waals surface area contributed by atoms with Crippen molar-refractivity contribution in [3.05, 3.63) is 65.2 Å². The van der Waals surface area contributed by atoms with Gasteiger partial charge in [-0.1, -0.05) is 6.07 Å². The average Bonchev–Trinajstić information content (AvgIpc) is 3.07. The van der Waals surface area contributed by atoms with Gasteiger partial charge < -0.3 is 10.3 Å². The maximum atomic E-state index is 13.9. The van der Waals surface area contributed by atoms with Crippen LogP contribution in [0.1, 0.15) is 21.6 Å². The minimum absolute atomic E-state index is 0.00274. The molecule has 3 heterocycles. The van der Waals surface area contributed by atoms with Gasteiger partial charge in [-0.25, -0.2) is 4.39 Å². The lowest BCUT2D eigenvalue weighted by molar-refractivity contribution is 0.0946. The van der Waals surface area contributed by atoms with Crippen molar-refractivity contribution in [2.75, 3.05) is 6.54 Å². The molecule has 0 saturated heterocycles. The second kappa shape index (κ2) is 5.87. The lowest BCUT2D eigenvalue weighted by atomic mass is 10.0. The van der Waals surface area contributed by atoms with E-state index in [2.05, 4.69) is 15.3 Å². The molecule has 0 aliphatic carbocycles. The van der Waals surface area contributed by atoms with Crippen LogP contribution in [0.25, 0.3) is 22.5 Å². The molecule has 1 amide bonds. The summed E-state index contributed by atoms with van der Waals surface area (Å²) in [5.41, 5.74) is 4.44. The number of nitrogens with zero attached hydrogens (tertiary/aromatic N) is 2. The van der Waals surface area contributed by atoms with Crippen molar-refractivity contribution in [2.45, 2.75) is 6.42 Å². The molecule has 0 radical (unpaired) electrons. The molecule has 1 aromatic carbocycles. The van der Waals surface area contributed by atoms with Gasteiger partial charge in [0.1, 0.15) is 11.9 Å². The summed E-state index contributed by atoms with van der Waals surface area (Å²) in [6, 6.07) is 11.7. The molecule has 4 rings (SSSR count). The summed E-state index contributed by atoms with van der Waals surface area (Å²) in [7, 11) is 0. The number of amides is 1. The molecule has 1 aliphatic rings. The second-order valence-corrected chi connectivity index (χ2v) is 5.82. The van der Waals surface area contributed by atoms with E-state index < -0.39 is 5.82 Å². The number of aromatic nitrogens is 2. The van der Waals surface area contributed by atoms with Gasteiger partial charge in [-0.15, -0.1) is 0 Å². The first-order valence-corrected chi connectivity index (χ1v) is 7.82. The highest BCUT2D eigenvalue weighted by Gasteiger charge is 2.20. The number of hydrogen-bond donors (Lipinski definition) is 2. The summed E-state index contributed by atoms with van der Waals surface area (Å²) in [6.07, 6.45) is 2.40. The molecular formula is C19H13FN4O. The van der Waals surface area contributed by atoms with Crippen LogP contribution in [-0.4, -0.2) is 22.4 Å². The molecule has 0 fully saturated rings. The van der Waals surface area contributed by atoms with Crippen LogP contribution in [0, 0.1) is 17.1 Å². The number of H-pyrrole nitrogens is 1. The van der Waals surface area contributed by atoms with Gasteiger partial charge in [0.25, 0.3) is 5.91 Å². The molecule has 0 saturated carbocycles. The number of nitriles is 1. The van der Waals surface area contributed by atoms with Crippen molar-refractivity contribution in [3.8, 4) is 28.6 Å². The van der Waals surface area contributed by atoms with Gasteiger partial charge in [0.15, 0.2) is 0 Å². The number of pyridine rings is 1. The molecule has 122 valence electrons. The van der Waals surface area contributed by atoms with Crippen LogP contribution in [0.4, 0.5) is 4.39 Å². The standard InChI is InChI=1S/C19H13FN4O/c20-15-7-11(1-2-13(15)10-21)17-8-12(3-5-22-17)18-9-14-16(24-18)4-6-23-19(14)25/h1-3,5,7-9,24H,4,6H2,(H,23,25). The molecule has 6 heteroatoms. The summed E-state index contributed by atoms with van der Waals surface area (Å²) in [5, 5.41) is 11.6. The van der Waals surface area contributed by atoms with Crippen LogP contribution in [0.2, 0.25) is 0 Å². The highest BCUT2D eigenvalue weighted by atomic mass is 19.1. The number of aromatic amines is 1. The van der Waals surface area contributed by atoms with Crippen molar-refractivity contribution in [2.24, 2.45) is 0 Å². The SMILES string of the molecule is N#Cc1ccc(-c2cc(-c3cc4c([nH]3)CCNC4=O)ccn2)cc1F. The highest BCUT2D eigenvalue weighted by molar-refractivity contribution is 5.97. The van der Waals surface area contributed by atoms with E-state index in [9.17, 15) is 9.18 Å². The zero-order chi connectivity index (χ0) is 17.4. The Hall–Kier alpha value is -3.46. The third kappa shape index (κ3) is 2.66. The minimum Gasteiger partial charge on any atom is -0.358 e. The lowest BCUT2D eigenvalue weighted by Gasteiger charge is -2.10. The van der Waals surface area contributed by atoms with Crippen LogP contribution < -0.4 is 5.32 Å². The van der Waals surface area contributed by atoms with Crippen LogP contribution in [0.15, 0.2) is 42.6 Å². The maximum absolute atomic E-state index is 13.9. The number of benzene rings is 1. The van der Waals surface area contributed by atoms with Gasteiger partial charge >= 0.3 is 0 Å². The van der Waals surface area contributed by atoms with Crippen LogP contribution in [0.5, 0.6) is 0 Å². The van der Waals surface area contributed by atoms with Gasteiger partial charge in [0, 0.05) is 41.7 Å². The molecule has 1 aliphatic heterocycles. The van der Waals surface area contributed by atoms with E-state index in [4.69, 9.17) is 5.26 Å². The predicted octanol–water partition coefficient (Wildman–Crippen LogP) is 3.04. The summed E-state index contributed by atoms with van der Waals surface area (Å²) in [5.74, 6) is -0.647. The number of fused-ring (bicyclic) bond motifs is 1. The van der Waals surface area contributed by atoms with E-state index in [-0.39, 0.29) is 11.5 Å². The second-order valence-electron chi connectivity index (χ2n) is 5.82. The lowest BCUT2D eigenvalue weighted by Crippen LogP contribution is -2.31. The highest BCUT2D eigenvalue weighted by Crippen LogP contribution is 2.27. The Bertz CT molecular complexity index is 1030. The van der Waals surface area contributed by atoms with Crippen molar-refractivity contribution >= 4 is 5.91 Å². The molecular weight excluding hydrogens is 319 g/mol. The van der Waals surface area contributed by atoms with Crippen molar-refractivity contribution in [1.82, 2.24) is 15.3 Å². The van der Waals surface area contributed by atoms with Gasteiger partial charge in [-0.05, 0) is 30.3 Å². The normalized spacial score (nSPS) is 13.0. The van der Waals surface area contributed by atoms with Crippen molar-refractivity contribution < 1.29 is 9.18 Å². The third-order valence-electron chi connectivity index (χ3n) is 4.26. The van der Waals surface area contributed by atoms with E-state index in [1.54, 1.807) is 18.3 Å². The maximum Gasteiger partial charge on any atom is 0.253 e. The third-order valence-corrected chi connectivity index (χ3v) is 4.26. The Morgan fingerprint density at radius 3 is 2.80 bits per heavy atom. The van der Waals surface area contributed by atoms with E-state index >= 15 is 0 Å². The Morgan fingerprint density at radius 1 is 1.16 bits per heavy atom. The molecule has 0 unspecified atom stereocenters. The topological polar surface area (TPSA) is 81.6 Å². The fourth-order valence-corrected chi connectivity index (χ4v) is 2.97. The Morgan fingerprint density at radius 2 is 2.04 bits per heavy atom. The zero-order valence-electron chi connectivity index (χ0n) is 13.1. The molecule has 2 aromatic heterocycles. The van der Waals surface area contributed by atoms with Gasteiger partial charge in [-0.2, -0.15) is 5.26 Å². The summed E-state index contributed by atoms with van der Waals surface area (Å²) in [4.78, 5) is 19.5. The molecule has 0 spiro atoms. The molecule has 3 aromatic rings. The van der Waals surface area contributed by atoms with Crippen molar-refractivity contribution in [1.29, 1.82) is 5.26 Å². The van der Waals surface area contributed by atoms with Gasteiger partial charge in [0.05, 0.1) is 16.8 Å². The largest absolute Gasteiger partial charge is 0.358 e. The molecule has 2 N–H and O–H groups in total. The van der Waals surface area contributed by atoms with E-state index in [0.29, 0.717) is 23.4 Å². The summed E-state index contributed by atoms with van der Waals surface area (Å²) < 4.78 is 13.9. The van der Waals surface area contributed by atoms with Gasteiger partial charge in [-0.3, -0.25) is 9.78 Å². The van der Waals surface area contributed by atoms with Crippen molar-refractivity contribution in [3.63, 3.8) is 0 Å². The first-order chi connectivity index (χ1) is 12.2. The number of hydrogen-bond acceptors (Lipinski definition) is 3. The monoisotopic (exact) mass is 332 g/mol. The Balaban J connectivity index is 1.74. The number of rotatable bonds is 2. The number of carbonyl (C=O) groups is 1. The fraction of sp³-hybridized carbons (Fsp3) is 0.105. The molecule has 0 atom stereocenters. The first-order valence-electron chi connectivity index (χ1n) is 7.82. The summed E-state index contributed by atoms with van der Waals surface area (Å²) >= 11 is 0. The Kier molecular flexibility index (Phi) is 3.55. The van der Waals surface area contributed by atoms with Gasteiger partial charge in [0.2, 0.25) is 0 Å². The van der Waals surface area contributed by atoms with E-state index in [0.717, 1.165) is 23.4 Å². The smallest absolute Gasteiger partial charge is 0.253 e.